The third-order valence-electron chi connectivity index (χ3n) is 4.08. The van der Waals surface area contributed by atoms with Crippen molar-refractivity contribution in [3.63, 3.8) is 0 Å². The van der Waals surface area contributed by atoms with E-state index < -0.39 is 0 Å². The van der Waals surface area contributed by atoms with Crippen LogP contribution in [-0.2, 0) is 9.59 Å². The minimum absolute atomic E-state index is 0.228. The maximum Gasteiger partial charge on any atom is 0.244 e. The molecule has 0 bridgehead atoms. The Morgan fingerprint density at radius 2 is 1.34 bits per heavy atom. The van der Waals surface area contributed by atoms with Gasteiger partial charge in [-0.05, 0) is 31.2 Å². The fraction of sp³-hybridized carbons (Fsp3) is 0.217. The van der Waals surface area contributed by atoms with E-state index in [0.29, 0.717) is 18.0 Å². The van der Waals surface area contributed by atoms with Crippen LogP contribution in [0.1, 0.15) is 18.1 Å². The molecule has 6 nitrogen and oxygen atoms in total. The molecule has 2 amide bonds. The SMILES string of the molecule is COc1ccccc1/C=C/C(=O)NCC(C)NC(=O)/C=C/c1ccccc1OC. The van der Waals surface area contributed by atoms with E-state index >= 15 is 0 Å². The second-order valence-electron chi connectivity index (χ2n) is 6.31. The number of para-hydroxylation sites is 2. The highest BCUT2D eigenvalue weighted by molar-refractivity contribution is 5.93. The Balaban J connectivity index is 1.80. The molecule has 2 rings (SSSR count). The topological polar surface area (TPSA) is 76.7 Å². The predicted molar refractivity (Wildman–Crippen MR) is 115 cm³/mol. The van der Waals surface area contributed by atoms with Crippen molar-refractivity contribution in [3.8, 4) is 11.5 Å². The largest absolute Gasteiger partial charge is 0.496 e. The van der Waals surface area contributed by atoms with Crippen molar-refractivity contribution in [2.75, 3.05) is 20.8 Å². The van der Waals surface area contributed by atoms with Gasteiger partial charge >= 0.3 is 0 Å². The van der Waals surface area contributed by atoms with Crippen LogP contribution in [-0.4, -0.2) is 38.6 Å². The molecule has 0 aromatic heterocycles. The number of amides is 2. The van der Waals surface area contributed by atoms with Crippen LogP contribution in [0.4, 0.5) is 0 Å². The van der Waals surface area contributed by atoms with Crippen molar-refractivity contribution in [1.82, 2.24) is 10.6 Å². The summed E-state index contributed by atoms with van der Waals surface area (Å²) in [5, 5.41) is 5.57. The second-order valence-corrected chi connectivity index (χ2v) is 6.31. The molecule has 29 heavy (non-hydrogen) atoms. The van der Waals surface area contributed by atoms with Gasteiger partial charge in [0.2, 0.25) is 11.8 Å². The summed E-state index contributed by atoms with van der Waals surface area (Å²) in [6.45, 7) is 2.13. The lowest BCUT2D eigenvalue weighted by Gasteiger charge is -2.12. The van der Waals surface area contributed by atoms with Gasteiger partial charge in [-0.25, -0.2) is 0 Å². The van der Waals surface area contributed by atoms with Gasteiger partial charge in [-0.1, -0.05) is 36.4 Å². The summed E-state index contributed by atoms with van der Waals surface area (Å²) in [4.78, 5) is 24.1. The smallest absolute Gasteiger partial charge is 0.244 e. The standard InChI is InChI=1S/C23H26N2O4/c1-17(25-23(27)15-13-19-9-5-7-11-21(19)29-3)16-24-22(26)14-12-18-8-4-6-10-20(18)28-2/h4-15,17H,16H2,1-3H3,(H,24,26)(H,25,27)/b14-12+,15-13+. The summed E-state index contributed by atoms with van der Waals surface area (Å²) in [6, 6.07) is 14.6. The van der Waals surface area contributed by atoms with Crippen molar-refractivity contribution in [1.29, 1.82) is 0 Å². The van der Waals surface area contributed by atoms with Gasteiger partial charge in [-0.3, -0.25) is 9.59 Å². The Kier molecular flexibility index (Phi) is 8.51. The van der Waals surface area contributed by atoms with E-state index in [-0.39, 0.29) is 17.9 Å². The Morgan fingerprint density at radius 1 is 0.862 bits per heavy atom. The van der Waals surface area contributed by atoms with Gasteiger partial charge in [0.1, 0.15) is 11.5 Å². The van der Waals surface area contributed by atoms with E-state index in [1.54, 1.807) is 26.4 Å². The van der Waals surface area contributed by atoms with Gasteiger partial charge in [0, 0.05) is 35.9 Å². The molecular weight excluding hydrogens is 368 g/mol. The average Bonchev–Trinajstić information content (AvgIpc) is 2.75. The molecule has 0 aliphatic rings. The van der Waals surface area contributed by atoms with Crippen LogP contribution in [0.2, 0.25) is 0 Å². The van der Waals surface area contributed by atoms with E-state index in [4.69, 9.17) is 9.47 Å². The molecule has 0 fully saturated rings. The number of ether oxygens (including phenoxy) is 2. The fourth-order valence-electron chi connectivity index (χ4n) is 2.59. The Hall–Kier alpha value is -3.54. The molecule has 2 aromatic rings. The van der Waals surface area contributed by atoms with Crippen LogP contribution in [0.3, 0.4) is 0 Å². The summed E-state index contributed by atoms with van der Waals surface area (Å²) in [6.07, 6.45) is 6.26. The summed E-state index contributed by atoms with van der Waals surface area (Å²) in [7, 11) is 3.17. The zero-order valence-electron chi connectivity index (χ0n) is 16.8. The first kappa shape index (κ1) is 21.8. The molecule has 6 heteroatoms. The number of carbonyl (C=O) groups is 2. The van der Waals surface area contributed by atoms with Crippen LogP contribution in [0, 0.1) is 0 Å². The van der Waals surface area contributed by atoms with Crippen molar-refractivity contribution in [2.45, 2.75) is 13.0 Å². The lowest BCUT2D eigenvalue weighted by atomic mass is 10.2. The fourth-order valence-corrected chi connectivity index (χ4v) is 2.59. The zero-order valence-corrected chi connectivity index (χ0v) is 16.8. The van der Waals surface area contributed by atoms with Crippen LogP contribution >= 0.6 is 0 Å². The maximum atomic E-state index is 12.1. The summed E-state index contributed by atoms with van der Waals surface area (Å²) in [5.41, 5.74) is 1.63. The highest BCUT2D eigenvalue weighted by Gasteiger charge is 2.07. The van der Waals surface area contributed by atoms with Crippen molar-refractivity contribution >= 4 is 24.0 Å². The first-order chi connectivity index (χ1) is 14.0. The third-order valence-corrected chi connectivity index (χ3v) is 4.08. The van der Waals surface area contributed by atoms with Crippen molar-refractivity contribution in [2.24, 2.45) is 0 Å². The zero-order chi connectivity index (χ0) is 21.1. The first-order valence-corrected chi connectivity index (χ1v) is 9.24. The van der Waals surface area contributed by atoms with Gasteiger partial charge < -0.3 is 20.1 Å². The number of rotatable bonds is 9. The lowest BCUT2D eigenvalue weighted by molar-refractivity contribution is -0.118. The molecule has 1 atom stereocenters. The number of nitrogens with one attached hydrogen (secondary N) is 2. The highest BCUT2D eigenvalue weighted by Crippen LogP contribution is 2.19. The Morgan fingerprint density at radius 3 is 1.86 bits per heavy atom. The van der Waals surface area contributed by atoms with Gasteiger partial charge in [-0.15, -0.1) is 0 Å². The lowest BCUT2D eigenvalue weighted by Crippen LogP contribution is -2.40. The van der Waals surface area contributed by atoms with Crippen LogP contribution in [0.5, 0.6) is 11.5 Å². The number of hydrogen-bond acceptors (Lipinski definition) is 4. The minimum atomic E-state index is -0.249. The molecule has 0 radical (unpaired) electrons. The molecule has 152 valence electrons. The molecule has 0 aliphatic heterocycles. The molecule has 1 unspecified atom stereocenters. The third kappa shape index (κ3) is 7.18. The van der Waals surface area contributed by atoms with Gasteiger partial charge in [0.25, 0.3) is 0 Å². The number of hydrogen-bond donors (Lipinski definition) is 2. The van der Waals surface area contributed by atoms with Gasteiger partial charge in [0.15, 0.2) is 0 Å². The normalized spacial score (nSPS) is 12.0. The molecule has 2 aromatic carbocycles. The second kappa shape index (κ2) is 11.3. The van der Waals surface area contributed by atoms with Crippen LogP contribution < -0.4 is 20.1 Å². The summed E-state index contributed by atoms with van der Waals surface area (Å²) in [5.74, 6) is 0.890. The molecule has 0 saturated heterocycles. The molecule has 0 heterocycles. The van der Waals surface area contributed by atoms with Crippen molar-refractivity contribution < 1.29 is 19.1 Å². The van der Waals surface area contributed by atoms with E-state index in [0.717, 1.165) is 11.1 Å². The van der Waals surface area contributed by atoms with Crippen LogP contribution in [0.15, 0.2) is 60.7 Å². The number of benzene rings is 2. The molecule has 0 aliphatic carbocycles. The van der Waals surface area contributed by atoms with E-state index in [9.17, 15) is 9.59 Å². The van der Waals surface area contributed by atoms with Crippen molar-refractivity contribution in [3.05, 3.63) is 71.8 Å². The Bertz CT molecular complexity index is 890. The number of methoxy groups -OCH3 is 2. The quantitative estimate of drug-likeness (QED) is 0.641. The van der Waals surface area contributed by atoms with E-state index in [2.05, 4.69) is 10.6 Å². The predicted octanol–water partition coefficient (Wildman–Crippen LogP) is 3.05. The summed E-state index contributed by atoms with van der Waals surface area (Å²) < 4.78 is 10.5. The molecule has 0 spiro atoms. The van der Waals surface area contributed by atoms with Gasteiger partial charge in [-0.2, -0.15) is 0 Å². The van der Waals surface area contributed by atoms with E-state index in [1.807, 2.05) is 55.5 Å². The highest BCUT2D eigenvalue weighted by atomic mass is 16.5. The van der Waals surface area contributed by atoms with E-state index in [1.165, 1.54) is 12.2 Å². The maximum absolute atomic E-state index is 12.1. The van der Waals surface area contributed by atoms with Crippen LogP contribution in [0.25, 0.3) is 12.2 Å². The molecule has 0 saturated carbocycles. The van der Waals surface area contributed by atoms with Gasteiger partial charge in [0.05, 0.1) is 14.2 Å². The average molecular weight is 394 g/mol. The first-order valence-electron chi connectivity index (χ1n) is 9.24. The summed E-state index contributed by atoms with van der Waals surface area (Å²) >= 11 is 0. The minimum Gasteiger partial charge on any atom is -0.496 e. The molecular formula is C23H26N2O4. The molecule has 2 N–H and O–H groups in total. The Labute approximate surface area is 171 Å². The number of carbonyl (C=O) groups excluding carboxylic acids is 2. The monoisotopic (exact) mass is 394 g/mol.